The Balaban J connectivity index is 1.81. The second kappa shape index (κ2) is 4.26. The second-order valence-electron chi connectivity index (χ2n) is 3.65. The van der Waals surface area contributed by atoms with Crippen LogP contribution in [0.4, 0.5) is 0 Å². The van der Waals surface area contributed by atoms with E-state index < -0.39 is 0 Å². The Morgan fingerprint density at radius 3 is 2.79 bits per heavy atom. The Hall–Kier alpha value is -1.32. The molecular formula is C10H15N3O. The van der Waals surface area contributed by atoms with Crippen LogP contribution in [0, 0.1) is 0 Å². The molecule has 0 aromatic rings. The fourth-order valence-electron chi connectivity index (χ4n) is 1.76. The van der Waals surface area contributed by atoms with Crippen molar-refractivity contribution in [3.63, 3.8) is 0 Å². The molecule has 0 aromatic carbocycles. The number of aliphatic imine (C=N–C) groups is 1. The largest absolute Gasteiger partial charge is 0.362 e. The molecule has 2 aliphatic rings. The highest BCUT2D eigenvalue weighted by atomic mass is 16.2. The number of carbonyl (C=O) groups excluding carboxylic acids is 1. The number of carbonyl (C=O) groups is 1. The molecule has 0 atom stereocenters. The zero-order valence-corrected chi connectivity index (χ0v) is 8.22. The minimum absolute atomic E-state index is 0.238. The van der Waals surface area contributed by atoms with E-state index in [0.29, 0.717) is 6.54 Å². The van der Waals surface area contributed by atoms with Crippen molar-refractivity contribution in [2.24, 2.45) is 4.99 Å². The molecule has 2 rings (SSSR count). The highest BCUT2D eigenvalue weighted by Gasteiger charge is 2.19. The van der Waals surface area contributed by atoms with Gasteiger partial charge in [-0.1, -0.05) is 0 Å². The lowest BCUT2D eigenvalue weighted by Crippen LogP contribution is -2.37. The summed E-state index contributed by atoms with van der Waals surface area (Å²) in [5.41, 5.74) is 0. The molecular weight excluding hydrogens is 178 g/mol. The van der Waals surface area contributed by atoms with Crippen LogP contribution in [-0.4, -0.2) is 48.1 Å². The van der Waals surface area contributed by atoms with Crippen LogP contribution in [0.5, 0.6) is 0 Å². The maximum Gasteiger partial charge on any atom is 0.242 e. The Bertz CT molecular complexity index is 267. The predicted octanol–water partition coefficient (Wildman–Crippen LogP) is 0.466. The molecule has 4 nitrogen and oxygen atoms in total. The van der Waals surface area contributed by atoms with Gasteiger partial charge in [-0.25, -0.2) is 0 Å². The molecule has 1 amide bonds. The molecule has 14 heavy (non-hydrogen) atoms. The van der Waals surface area contributed by atoms with Crippen LogP contribution >= 0.6 is 0 Å². The number of rotatable bonds is 2. The van der Waals surface area contributed by atoms with Crippen LogP contribution in [0.25, 0.3) is 0 Å². The summed E-state index contributed by atoms with van der Waals surface area (Å²) in [4.78, 5) is 19.6. The van der Waals surface area contributed by atoms with E-state index in [0.717, 1.165) is 32.5 Å². The molecule has 1 saturated heterocycles. The van der Waals surface area contributed by atoms with E-state index in [1.165, 1.54) is 0 Å². The van der Waals surface area contributed by atoms with Crippen LogP contribution in [0.1, 0.15) is 12.8 Å². The van der Waals surface area contributed by atoms with Crippen LogP contribution in [0.3, 0.4) is 0 Å². The van der Waals surface area contributed by atoms with Gasteiger partial charge < -0.3 is 9.80 Å². The fourth-order valence-corrected chi connectivity index (χ4v) is 1.76. The standard InChI is InChI=1S/C10H15N3O/c14-10(13-5-1-2-6-13)9-12-7-3-11-4-8-12/h3-4,7H,1-2,5-6,8-9H2. The average Bonchev–Trinajstić information content (AvgIpc) is 2.72. The second-order valence-corrected chi connectivity index (χ2v) is 3.65. The van der Waals surface area contributed by atoms with Crippen molar-refractivity contribution in [2.45, 2.75) is 12.8 Å². The van der Waals surface area contributed by atoms with Crippen LogP contribution in [0.2, 0.25) is 0 Å². The summed E-state index contributed by atoms with van der Waals surface area (Å²) in [6.07, 6.45) is 7.72. The quantitative estimate of drug-likeness (QED) is 0.639. The van der Waals surface area contributed by atoms with Gasteiger partial charge in [-0.05, 0) is 12.8 Å². The van der Waals surface area contributed by atoms with Crippen molar-refractivity contribution in [3.8, 4) is 0 Å². The summed E-state index contributed by atoms with van der Waals surface area (Å²) in [5.74, 6) is 0.238. The molecule has 0 spiro atoms. The van der Waals surface area contributed by atoms with E-state index in [1.54, 1.807) is 6.20 Å². The molecule has 2 heterocycles. The lowest BCUT2D eigenvalue weighted by atomic mass is 10.4. The first-order valence-corrected chi connectivity index (χ1v) is 5.06. The van der Waals surface area contributed by atoms with Gasteiger partial charge in [0.05, 0.1) is 13.1 Å². The van der Waals surface area contributed by atoms with Crippen molar-refractivity contribution in [3.05, 3.63) is 12.4 Å². The fraction of sp³-hybridized carbons (Fsp3) is 0.600. The van der Waals surface area contributed by atoms with Gasteiger partial charge in [0.15, 0.2) is 0 Å². The van der Waals surface area contributed by atoms with Gasteiger partial charge in [0, 0.05) is 31.7 Å². The lowest BCUT2D eigenvalue weighted by molar-refractivity contribution is -0.130. The van der Waals surface area contributed by atoms with Crippen molar-refractivity contribution < 1.29 is 4.79 Å². The van der Waals surface area contributed by atoms with E-state index in [2.05, 4.69) is 4.99 Å². The molecule has 4 heteroatoms. The Labute approximate surface area is 83.9 Å². The first-order valence-electron chi connectivity index (χ1n) is 5.06. The lowest BCUT2D eigenvalue weighted by Gasteiger charge is -2.22. The van der Waals surface area contributed by atoms with Crippen LogP contribution in [0.15, 0.2) is 17.4 Å². The first-order chi connectivity index (χ1) is 6.86. The summed E-state index contributed by atoms with van der Waals surface area (Å²) in [6.45, 7) is 3.10. The van der Waals surface area contributed by atoms with Gasteiger partial charge in [0.2, 0.25) is 5.91 Å². The molecule has 0 N–H and O–H groups in total. The highest BCUT2D eigenvalue weighted by molar-refractivity contribution is 5.79. The van der Waals surface area contributed by atoms with Gasteiger partial charge in [-0.3, -0.25) is 9.79 Å². The summed E-state index contributed by atoms with van der Waals surface area (Å²) in [7, 11) is 0. The SMILES string of the molecule is O=C(CN1C=CN=CC1)N1CCCC1. The highest BCUT2D eigenvalue weighted by Crippen LogP contribution is 2.08. The summed E-state index contributed by atoms with van der Waals surface area (Å²) in [5, 5.41) is 0. The minimum Gasteiger partial charge on any atom is -0.362 e. The molecule has 2 aliphatic heterocycles. The van der Waals surface area contributed by atoms with Crippen molar-refractivity contribution in [1.29, 1.82) is 0 Å². The van der Waals surface area contributed by atoms with E-state index in [-0.39, 0.29) is 5.91 Å². The zero-order chi connectivity index (χ0) is 9.80. The van der Waals surface area contributed by atoms with Gasteiger partial charge in [0.25, 0.3) is 0 Å². The number of likely N-dealkylation sites (tertiary alicyclic amines) is 1. The van der Waals surface area contributed by atoms with E-state index in [1.807, 2.05) is 22.2 Å². The Morgan fingerprint density at radius 2 is 2.14 bits per heavy atom. The van der Waals surface area contributed by atoms with Crippen LogP contribution < -0.4 is 0 Å². The van der Waals surface area contributed by atoms with Gasteiger partial charge in [-0.2, -0.15) is 0 Å². The van der Waals surface area contributed by atoms with Crippen molar-refractivity contribution in [2.75, 3.05) is 26.2 Å². The smallest absolute Gasteiger partial charge is 0.242 e. The Morgan fingerprint density at radius 1 is 1.36 bits per heavy atom. The van der Waals surface area contributed by atoms with Crippen molar-refractivity contribution in [1.82, 2.24) is 9.80 Å². The molecule has 0 radical (unpaired) electrons. The van der Waals surface area contributed by atoms with Crippen molar-refractivity contribution >= 4 is 12.1 Å². The average molecular weight is 193 g/mol. The van der Waals surface area contributed by atoms with E-state index >= 15 is 0 Å². The molecule has 0 aromatic heterocycles. The first kappa shape index (κ1) is 9.24. The third-order valence-electron chi connectivity index (χ3n) is 2.58. The molecule has 0 saturated carbocycles. The third kappa shape index (κ3) is 2.13. The Kier molecular flexibility index (Phi) is 2.81. The molecule has 76 valence electrons. The van der Waals surface area contributed by atoms with Crippen LogP contribution in [-0.2, 0) is 4.79 Å². The maximum absolute atomic E-state index is 11.7. The summed E-state index contributed by atoms with van der Waals surface area (Å²) >= 11 is 0. The number of nitrogens with zero attached hydrogens (tertiary/aromatic N) is 3. The molecule has 0 unspecified atom stereocenters. The van der Waals surface area contributed by atoms with Gasteiger partial charge in [0.1, 0.15) is 0 Å². The summed E-state index contributed by atoms with van der Waals surface area (Å²) < 4.78 is 0. The van der Waals surface area contributed by atoms with Gasteiger partial charge in [-0.15, -0.1) is 0 Å². The maximum atomic E-state index is 11.7. The summed E-state index contributed by atoms with van der Waals surface area (Å²) in [6, 6.07) is 0. The molecule has 0 bridgehead atoms. The number of hydrogen-bond acceptors (Lipinski definition) is 3. The number of amides is 1. The third-order valence-corrected chi connectivity index (χ3v) is 2.58. The molecule has 1 fully saturated rings. The van der Waals surface area contributed by atoms with E-state index in [9.17, 15) is 4.79 Å². The molecule has 0 aliphatic carbocycles. The van der Waals surface area contributed by atoms with E-state index in [4.69, 9.17) is 0 Å². The monoisotopic (exact) mass is 193 g/mol. The zero-order valence-electron chi connectivity index (χ0n) is 8.22. The minimum atomic E-state index is 0.238. The predicted molar refractivity (Wildman–Crippen MR) is 55.0 cm³/mol. The topological polar surface area (TPSA) is 35.9 Å². The number of hydrogen-bond donors (Lipinski definition) is 0. The van der Waals surface area contributed by atoms with Gasteiger partial charge >= 0.3 is 0 Å². The normalized spacial score (nSPS) is 20.6.